The molecule has 3 nitrogen and oxygen atoms in total. The Kier molecular flexibility index (Phi) is 9.85. The molecule has 0 saturated heterocycles. The first-order chi connectivity index (χ1) is 37.6. The predicted octanol–water partition coefficient (Wildman–Crippen LogP) is 21.6. The lowest BCUT2D eigenvalue weighted by Gasteiger charge is -2.30. The average Bonchev–Trinajstić information content (AvgIpc) is 4.32. The maximum atomic E-state index is 2.47. The molecule has 16 aromatic rings. The fraction of sp³-hybridized carbons (Fsp3) is 0. The number of fused-ring (bicyclic) bond motifs is 14. The third-order valence-corrected chi connectivity index (χ3v) is 18.8. The highest BCUT2D eigenvalue weighted by Crippen LogP contribution is 2.48. The van der Waals surface area contributed by atoms with Gasteiger partial charge in [0.25, 0.3) is 0 Å². The van der Waals surface area contributed by atoms with Gasteiger partial charge in [0.15, 0.2) is 0 Å². The molecular formula is C70H43N3S3. The molecule has 0 aliphatic rings. The van der Waals surface area contributed by atoms with E-state index >= 15 is 0 Å². The summed E-state index contributed by atoms with van der Waals surface area (Å²) in [5.74, 6) is 0. The molecule has 0 radical (unpaired) electrons. The molecule has 0 bridgehead atoms. The number of nitrogens with zero attached hydrogens (tertiary/aromatic N) is 3. The standard InChI is InChI=1S/C70H43N3S3/c1-4-16-47(17-5-1)71(50-31-35-68-62(41-50)56-24-12-14-26-66(56)74-68)52-36-46(37-53(40-52)72(48-18-6-2-7-19-48)51-30-33-57-54-22-10-13-25-65(54)75-69(57)42-51)44-29-34-63-60(38-44)61-43-59-45(39-64(61)73(63)49-20-8-3-9-21-49)28-32-58-55-23-11-15-27-67(55)76-70(58)59/h1-43H. The molecule has 6 heteroatoms. The van der Waals surface area contributed by atoms with Crippen molar-refractivity contribution in [2.24, 2.45) is 0 Å². The molecule has 0 atom stereocenters. The molecule has 0 spiro atoms. The van der Waals surface area contributed by atoms with E-state index in [4.69, 9.17) is 0 Å². The summed E-state index contributed by atoms with van der Waals surface area (Å²) in [7, 11) is 0. The zero-order chi connectivity index (χ0) is 49.8. The van der Waals surface area contributed by atoms with Crippen LogP contribution in [0, 0.1) is 0 Å². The van der Waals surface area contributed by atoms with Gasteiger partial charge in [0.05, 0.1) is 11.0 Å². The van der Waals surface area contributed by atoms with E-state index in [1.807, 2.05) is 34.0 Å². The minimum absolute atomic E-state index is 1.06. The Hall–Kier alpha value is -9.04. The molecule has 0 aliphatic carbocycles. The highest BCUT2D eigenvalue weighted by Gasteiger charge is 2.23. The van der Waals surface area contributed by atoms with Gasteiger partial charge in [-0.2, -0.15) is 0 Å². The third-order valence-electron chi connectivity index (χ3n) is 15.3. The van der Waals surface area contributed by atoms with E-state index in [0.29, 0.717) is 0 Å². The highest BCUT2D eigenvalue weighted by molar-refractivity contribution is 7.27. The summed E-state index contributed by atoms with van der Waals surface area (Å²) in [6.45, 7) is 0. The zero-order valence-corrected chi connectivity index (χ0v) is 43.3. The predicted molar refractivity (Wildman–Crippen MR) is 332 cm³/mol. The van der Waals surface area contributed by atoms with Crippen molar-refractivity contribution in [3.05, 3.63) is 261 Å². The molecule has 12 aromatic carbocycles. The van der Waals surface area contributed by atoms with Crippen molar-refractivity contribution >= 4 is 161 Å². The highest BCUT2D eigenvalue weighted by atomic mass is 32.1. The van der Waals surface area contributed by atoms with Gasteiger partial charge in [-0.3, -0.25) is 0 Å². The Morgan fingerprint density at radius 3 is 1.47 bits per heavy atom. The summed E-state index contributed by atoms with van der Waals surface area (Å²) >= 11 is 5.61. The Balaban J connectivity index is 0.969. The van der Waals surface area contributed by atoms with Gasteiger partial charge in [0, 0.05) is 116 Å². The van der Waals surface area contributed by atoms with Gasteiger partial charge < -0.3 is 14.4 Å². The van der Waals surface area contributed by atoms with Crippen molar-refractivity contribution in [1.29, 1.82) is 0 Å². The van der Waals surface area contributed by atoms with Gasteiger partial charge in [0.1, 0.15) is 0 Å². The van der Waals surface area contributed by atoms with Crippen LogP contribution in [0.1, 0.15) is 0 Å². The van der Waals surface area contributed by atoms with Crippen molar-refractivity contribution in [1.82, 2.24) is 4.57 Å². The number of benzene rings is 12. The van der Waals surface area contributed by atoms with Crippen LogP contribution in [0.25, 0.3) is 110 Å². The van der Waals surface area contributed by atoms with Crippen LogP contribution in [-0.2, 0) is 0 Å². The van der Waals surface area contributed by atoms with Gasteiger partial charge in [-0.25, -0.2) is 0 Å². The fourth-order valence-corrected chi connectivity index (χ4v) is 15.3. The molecule has 4 heterocycles. The molecule has 0 saturated carbocycles. The SMILES string of the molecule is c1ccc(N(c2cc(-c3ccc4c(c3)c3cc5c(ccc6c7ccccc7sc56)cc3n4-c3ccccc3)cc(N(c3ccccc3)c3ccc4sc5ccccc5c4c3)c2)c2ccc3c(c2)sc2ccccc23)cc1. The van der Waals surface area contributed by atoms with Gasteiger partial charge in [0.2, 0.25) is 0 Å². The zero-order valence-electron chi connectivity index (χ0n) is 40.9. The number of hydrogen-bond acceptors (Lipinski definition) is 5. The number of aromatic nitrogens is 1. The van der Waals surface area contributed by atoms with E-state index in [9.17, 15) is 0 Å². The summed E-state index contributed by atoms with van der Waals surface area (Å²) in [6.07, 6.45) is 0. The van der Waals surface area contributed by atoms with Crippen LogP contribution in [-0.4, -0.2) is 4.57 Å². The quantitative estimate of drug-likeness (QED) is 0.150. The lowest BCUT2D eigenvalue weighted by Crippen LogP contribution is -2.13. The van der Waals surface area contributed by atoms with Gasteiger partial charge >= 0.3 is 0 Å². The Morgan fingerprint density at radius 2 is 0.776 bits per heavy atom. The first-order valence-corrected chi connectivity index (χ1v) is 28.2. The van der Waals surface area contributed by atoms with Crippen molar-refractivity contribution in [3.63, 3.8) is 0 Å². The van der Waals surface area contributed by atoms with Crippen LogP contribution < -0.4 is 9.80 Å². The molecule has 0 fully saturated rings. The van der Waals surface area contributed by atoms with E-state index in [1.165, 1.54) is 93.1 Å². The summed E-state index contributed by atoms with van der Waals surface area (Å²) in [5, 5.41) is 12.7. The monoisotopic (exact) mass is 1020 g/mol. The number of para-hydroxylation sites is 3. The molecule has 16 rings (SSSR count). The van der Waals surface area contributed by atoms with Crippen LogP contribution in [0.4, 0.5) is 34.1 Å². The van der Waals surface area contributed by atoms with Crippen molar-refractivity contribution < 1.29 is 0 Å². The second-order valence-corrected chi connectivity index (χ2v) is 22.9. The minimum Gasteiger partial charge on any atom is -0.310 e. The van der Waals surface area contributed by atoms with E-state index in [-0.39, 0.29) is 0 Å². The molecule has 0 N–H and O–H groups in total. The Morgan fingerprint density at radius 1 is 0.250 bits per heavy atom. The van der Waals surface area contributed by atoms with E-state index < -0.39 is 0 Å². The van der Waals surface area contributed by atoms with E-state index in [0.717, 1.165) is 50.9 Å². The van der Waals surface area contributed by atoms with Crippen LogP contribution >= 0.6 is 34.0 Å². The van der Waals surface area contributed by atoms with Crippen molar-refractivity contribution in [3.8, 4) is 16.8 Å². The molecule has 4 aromatic heterocycles. The average molecular weight is 1020 g/mol. The Bertz CT molecular complexity index is 4950. The molecular weight excluding hydrogens is 979 g/mol. The molecule has 0 aliphatic heterocycles. The molecule has 356 valence electrons. The Labute approximate surface area is 450 Å². The second-order valence-electron chi connectivity index (χ2n) is 19.7. The lowest BCUT2D eigenvalue weighted by molar-refractivity contribution is 1.18. The maximum absolute atomic E-state index is 2.47. The van der Waals surface area contributed by atoms with Crippen LogP contribution in [0.15, 0.2) is 261 Å². The van der Waals surface area contributed by atoms with Gasteiger partial charge in [-0.1, -0.05) is 133 Å². The number of thiophene rings is 3. The first kappa shape index (κ1) is 43.4. The molecule has 0 amide bonds. The maximum Gasteiger partial charge on any atom is 0.0547 e. The summed E-state index contributed by atoms with van der Waals surface area (Å²) in [5.41, 5.74) is 12.3. The lowest BCUT2D eigenvalue weighted by atomic mass is 9.99. The summed E-state index contributed by atoms with van der Waals surface area (Å²) in [6, 6.07) is 96.8. The number of anilines is 6. The minimum atomic E-state index is 1.06. The summed E-state index contributed by atoms with van der Waals surface area (Å²) < 4.78 is 10.2. The van der Waals surface area contributed by atoms with Crippen LogP contribution in [0.3, 0.4) is 0 Å². The van der Waals surface area contributed by atoms with Crippen molar-refractivity contribution in [2.45, 2.75) is 0 Å². The fourth-order valence-electron chi connectivity index (χ4n) is 11.8. The molecule has 76 heavy (non-hydrogen) atoms. The topological polar surface area (TPSA) is 11.4 Å². The van der Waals surface area contributed by atoms with Crippen LogP contribution in [0.2, 0.25) is 0 Å². The van der Waals surface area contributed by atoms with Gasteiger partial charge in [-0.05, 0) is 144 Å². The normalized spacial score (nSPS) is 11.9. The largest absolute Gasteiger partial charge is 0.310 e. The third kappa shape index (κ3) is 6.92. The first-order valence-electron chi connectivity index (χ1n) is 25.7. The second kappa shape index (κ2) is 17.3. The van der Waals surface area contributed by atoms with E-state index in [1.54, 1.807) is 0 Å². The van der Waals surface area contributed by atoms with E-state index in [2.05, 4.69) is 275 Å². The van der Waals surface area contributed by atoms with Gasteiger partial charge in [-0.15, -0.1) is 34.0 Å². The number of hydrogen-bond donors (Lipinski definition) is 0. The molecule has 0 unspecified atom stereocenters. The number of rotatable bonds is 8. The smallest absolute Gasteiger partial charge is 0.0547 e. The van der Waals surface area contributed by atoms with Crippen LogP contribution in [0.5, 0.6) is 0 Å². The van der Waals surface area contributed by atoms with Crippen molar-refractivity contribution in [2.75, 3.05) is 9.80 Å². The summed E-state index contributed by atoms with van der Waals surface area (Å²) in [4.78, 5) is 4.89.